The van der Waals surface area contributed by atoms with Gasteiger partial charge >= 0.3 is 0 Å². The van der Waals surface area contributed by atoms with Crippen molar-refractivity contribution in [2.75, 3.05) is 43.6 Å². The van der Waals surface area contributed by atoms with Crippen molar-refractivity contribution >= 4 is 23.4 Å². The van der Waals surface area contributed by atoms with E-state index in [1.165, 1.54) is 50.3 Å². The molecule has 1 aliphatic carbocycles. The molecule has 3 rings (SSSR count). The lowest BCUT2D eigenvalue weighted by molar-refractivity contribution is 0.112. The molecule has 0 radical (unpaired) electrons. The highest BCUT2D eigenvalue weighted by Gasteiger charge is 2.39. The van der Waals surface area contributed by atoms with Gasteiger partial charge in [-0.25, -0.2) is 0 Å². The SMILES string of the molecule is COc1ccc(NC(N)=NCC2(N3CCSCC3)CCCC2)cc1. The van der Waals surface area contributed by atoms with E-state index in [1.54, 1.807) is 7.11 Å². The van der Waals surface area contributed by atoms with Crippen LogP contribution in [-0.4, -0.2) is 54.6 Å². The van der Waals surface area contributed by atoms with Crippen LogP contribution in [0.1, 0.15) is 25.7 Å². The molecule has 1 saturated heterocycles. The molecule has 0 amide bonds. The molecule has 132 valence electrons. The van der Waals surface area contributed by atoms with Crippen molar-refractivity contribution in [2.24, 2.45) is 10.7 Å². The predicted molar refractivity (Wildman–Crippen MR) is 103 cm³/mol. The number of ether oxygens (including phenoxy) is 1. The molecule has 1 aromatic rings. The molecule has 1 saturated carbocycles. The van der Waals surface area contributed by atoms with Gasteiger partial charge in [-0.3, -0.25) is 9.89 Å². The number of aliphatic imine (C=N–C) groups is 1. The summed E-state index contributed by atoms with van der Waals surface area (Å²) in [7, 11) is 1.67. The Morgan fingerprint density at radius 1 is 1.25 bits per heavy atom. The quantitative estimate of drug-likeness (QED) is 0.633. The Balaban J connectivity index is 1.62. The van der Waals surface area contributed by atoms with Gasteiger partial charge in [0.2, 0.25) is 0 Å². The fraction of sp³-hybridized carbons (Fsp3) is 0.611. The third-order valence-corrected chi connectivity index (χ3v) is 6.06. The summed E-state index contributed by atoms with van der Waals surface area (Å²) in [6, 6.07) is 7.74. The number of thioether (sulfide) groups is 1. The summed E-state index contributed by atoms with van der Waals surface area (Å²) in [6.07, 6.45) is 5.11. The Hall–Kier alpha value is -1.40. The first-order valence-electron chi connectivity index (χ1n) is 8.76. The summed E-state index contributed by atoms with van der Waals surface area (Å²) in [5, 5.41) is 3.19. The number of nitrogens with two attached hydrogens (primary N) is 1. The zero-order valence-corrected chi connectivity index (χ0v) is 15.3. The first-order chi connectivity index (χ1) is 11.7. The molecule has 2 fully saturated rings. The van der Waals surface area contributed by atoms with Crippen LogP contribution in [0, 0.1) is 0 Å². The van der Waals surface area contributed by atoms with Crippen LogP contribution >= 0.6 is 11.8 Å². The molecule has 6 heteroatoms. The molecule has 0 unspecified atom stereocenters. The van der Waals surface area contributed by atoms with Crippen LogP contribution in [0.15, 0.2) is 29.3 Å². The van der Waals surface area contributed by atoms with Gasteiger partial charge in [0, 0.05) is 35.8 Å². The zero-order valence-electron chi connectivity index (χ0n) is 14.5. The molecule has 5 nitrogen and oxygen atoms in total. The van der Waals surface area contributed by atoms with Crippen LogP contribution in [0.4, 0.5) is 5.69 Å². The second kappa shape index (κ2) is 8.12. The maximum Gasteiger partial charge on any atom is 0.193 e. The normalized spacial score (nSPS) is 21.6. The Labute approximate surface area is 149 Å². The van der Waals surface area contributed by atoms with Gasteiger partial charge in [0.15, 0.2) is 5.96 Å². The monoisotopic (exact) mass is 348 g/mol. The predicted octanol–water partition coefficient (Wildman–Crippen LogP) is 2.78. The van der Waals surface area contributed by atoms with E-state index in [-0.39, 0.29) is 5.54 Å². The van der Waals surface area contributed by atoms with Gasteiger partial charge in [0.1, 0.15) is 5.75 Å². The molecule has 0 bridgehead atoms. The van der Waals surface area contributed by atoms with Gasteiger partial charge in [-0.05, 0) is 37.1 Å². The summed E-state index contributed by atoms with van der Waals surface area (Å²) in [5.74, 6) is 3.82. The van der Waals surface area contributed by atoms with Crippen LogP contribution in [0.5, 0.6) is 5.75 Å². The van der Waals surface area contributed by atoms with E-state index in [2.05, 4.69) is 22.0 Å². The van der Waals surface area contributed by atoms with Gasteiger partial charge in [-0.2, -0.15) is 11.8 Å². The van der Waals surface area contributed by atoms with Gasteiger partial charge in [-0.1, -0.05) is 12.8 Å². The summed E-state index contributed by atoms with van der Waals surface area (Å²) in [6.45, 7) is 3.17. The largest absolute Gasteiger partial charge is 0.497 e. The minimum Gasteiger partial charge on any atom is -0.497 e. The van der Waals surface area contributed by atoms with Crippen molar-refractivity contribution in [1.29, 1.82) is 0 Å². The van der Waals surface area contributed by atoms with Gasteiger partial charge in [-0.15, -0.1) is 0 Å². The smallest absolute Gasteiger partial charge is 0.193 e. The van der Waals surface area contributed by atoms with Crippen molar-refractivity contribution in [3.63, 3.8) is 0 Å². The molecule has 24 heavy (non-hydrogen) atoms. The highest BCUT2D eigenvalue weighted by atomic mass is 32.2. The van der Waals surface area contributed by atoms with Gasteiger partial charge in [0.05, 0.1) is 13.7 Å². The second-order valence-electron chi connectivity index (χ2n) is 6.59. The van der Waals surface area contributed by atoms with Crippen molar-refractivity contribution in [3.05, 3.63) is 24.3 Å². The fourth-order valence-electron chi connectivity index (χ4n) is 3.74. The summed E-state index contributed by atoms with van der Waals surface area (Å²) in [5.41, 5.74) is 7.29. The Morgan fingerprint density at radius 2 is 1.92 bits per heavy atom. The first kappa shape index (κ1) is 17.4. The number of hydrogen-bond donors (Lipinski definition) is 2. The van der Waals surface area contributed by atoms with Crippen LogP contribution in [0.25, 0.3) is 0 Å². The topological polar surface area (TPSA) is 62.9 Å². The molecule has 1 aromatic carbocycles. The fourth-order valence-corrected chi connectivity index (χ4v) is 4.64. The molecule has 0 spiro atoms. The number of rotatable bonds is 5. The molecular weight excluding hydrogens is 320 g/mol. The van der Waals surface area contributed by atoms with E-state index in [4.69, 9.17) is 15.5 Å². The van der Waals surface area contributed by atoms with Crippen molar-refractivity contribution < 1.29 is 4.74 Å². The minimum absolute atomic E-state index is 0.229. The van der Waals surface area contributed by atoms with E-state index in [0.29, 0.717) is 5.96 Å². The van der Waals surface area contributed by atoms with Crippen molar-refractivity contribution in [2.45, 2.75) is 31.2 Å². The Bertz CT molecular complexity index is 549. The lowest BCUT2D eigenvalue weighted by Gasteiger charge is -2.42. The summed E-state index contributed by atoms with van der Waals surface area (Å²) >= 11 is 2.06. The lowest BCUT2D eigenvalue weighted by atomic mass is 9.95. The van der Waals surface area contributed by atoms with Crippen LogP contribution in [0.3, 0.4) is 0 Å². The highest BCUT2D eigenvalue weighted by Crippen LogP contribution is 2.37. The van der Waals surface area contributed by atoms with E-state index >= 15 is 0 Å². The highest BCUT2D eigenvalue weighted by molar-refractivity contribution is 7.99. The number of anilines is 1. The van der Waals surface area contributed by atoms with E-state index in [9.17, 15) is 0 Å². The summed E-state index contributed by atoms with van der Waals surface area (Å²) in [4.78, 5) is 7.36. The third kappa shape index (κ3) is 4.16. The number of hydrogen-bond acceptors (Lipinski definition) is 4. The Morgan fingerprint density at radius 3 is 2.54 bits per heavy atom. The second-order valence-corrected chi connectivity index (χ2v) is 7.81. The van der Waals surface area contributed by atoms with Crippen LogP contribution < -0.4 is 15.8 Å². The number of nitrogens with zero attached hydrogens (tertiary/aromatic N) is 2. The van der Waals surface area contributed by atoms with Crippen molar-refractivity contribution in [1.82, 2.24) is 4.90 Å². The number of benzene rings is 1. The molecule has 2 aliphatic rings. The molecule has 0 aromatic heterocycles. The lowest BCUT2D eigenvalue weighted by Crippen LogP contribution is -2.52. The van der Waals surface area contributed by atoms with Crippen molar-refractivity contribution in [3.8, 4) is 5.75 Å². The van der Waals surface area contributed by atoms with Crippen LogP contribution in [-0.2, 0) is 0 Å². The molecule has 0 atom stereocenters. The maximum absolute atomic E-state index is 6.13. The van der Waals surface area contributed by atoms with Crippen LogP contribution in [0.2, 0.25) is 0 Å². The number of guanidine groups is 1. The van der Waals surface area contributed by atoms with E-state index < -0.39 is 0 Å². The van der Waals surface area contributed by atoms with Gasteiger partial charge < -0.3 is 15.8 Å². The molecule has 3 N–H and O–H groups in total. The zero-order chi connectivity index (χ0) is 16.8. The standard InChI is InChI=1S/C18H28N4OS/c1-23-16-6-4-15(5-7-16)21-17(19)20-14-18(8-2-3-9-18)22-10-12-24-13-11-22/h4-7H,2-3,8-14H2,1H3,(H3,19,20,21). The molecule has 1 heterocycles. The average molecular weight is 349 g/mol. The number of nitrogens with one attached hydrogen (secondary N) is 1. The van der Waals surface area contributed by atoms with E-state index in [0.717, 1.165) is 18.0 Å². The third-order valence-electron chi connectivity index (χ3n) is 5.12. The molecular formula is C18H28N4OS. The number of methoxy groups -OCH3 is 1. The first-order valence-corrected chi connectivity index (χ1v) is 9.91. The maximum atomic E-state index is 6.13. The summed E-state index contributed by atoms with van der Waals surface area (Å²) < 4.78 is 5.17. The van der Waals surface area contributed by atoms with E-state index in [1.807, 2.05) is 24.3 Å². The minimum atomic E-state index is 0.229. The molecule has 1 aliphatic heterocycles. The van der Waals surface area contributed by atoms with Gasteiger partial charge in [0.25, 0.3) is 0 Å². The average Bonchev–Trinajstić information content (AvgIpc) is 3.12. The Kier molecular flexibility index (Phi) is 5.89.